The van der Waals surface area contributed by atoms with Gasteiger partial charge in [-0.05, 0) is 23.5 Å². The van der Waals surface area contributed by atoms with Gasteiger partial charge < -0.3 is 5.32 Å². The number of Topliss-reactive ketones (excluding diaryl/α,β-unsaturated/α-hetero) is 1. The highest BCUT2D eigenvalue weighted by Crippen LogP contribution is 2.45. The SMILES string of the molecule is CC1(C)CC(=O)C2=C(C1)NC(=O)CC2c1cc([N+](=O)[O-])ccc1Cl. The van der Waals surface area contributed by atoms with Crippen LogP contribution in [0.4, 0.5) is 5.69 Å². The van der Waals surface area contributed by atoms with Crippen LogP contribution in [0.1, 0.15) is 44.6 Å². The van der Waals surface area contributed by atoms with E-state index in [1.165, 1.54) is 18.2 Å². The van der Waals surface area contributed by atoms with Crippen LogP contribution in [-0.2, 0) is 9.59 Å². The maximum Gasteiger partial charge on any atom is 0.269 e. The lowest BCUT2D eigenvalue weighted by Crippen LogP contribution is -2.40. The number of hydrogen-bond acceptors (Lipinski definition) is 4. The summed E-state index contributed by atoms with van der Waals surface area (Å²) in [6.45, 7) is 3.95. The molecule has 6 nitrogen and oxygen atoms in total. The Morgan fingerprint density at radius 3 is 2.67 bits per heavy atom. The van der Waals surface area contributed by atoms with Gasteiger partial charge in [-0.1, -0.05) is 25.4 Å². The van der Waals surface area contributed by atoms with E-state index in [0.717, 1.165) is 0 Å². The van der Waals surface area contributed by atoms with Gasteiger partial charge in [0.2, 0.25) is 5.91 Å². The summed E-state index contributed by atoms with van der Waals surface area (Å²) in [6.07, 6.45) is 1.03. The molecule has 2 aliphatic rings. The Hall–Kier alpha value is -2.21. The molecular weight excluding hydrogens is 332 g/mol. The fourth-order valence-electron chi connectivity index (χ4n) is 3.53. The number of nitro groups is 1. The van der Waals surface area contributed by atoms with Crippen LogP contribution in [0.25, 0.3) is 0 Å². The van der Waals surface area contributed by atoms with Gasteiger partial charge >= 0.3 is 0 Å². The largest absolute Gasteiger partial charge is 0.329 e. The number of allylic oxidation sites excluding steroid dienone is 2. The number of non-ortho nitro benzene ring substituents is 1. The first-order valence-electron chi connectivity index (χ1n) is 7.68. The summed E-state index contributed by atoms with van der Waals surface area (Å²) >= 11 is 6.23. The summed E-state index contributed by atoms with van der Waals surface area (Å²) in [5.74, 6) is -0.773. The highest BCUT2D eigenvalue weighted by molar-refractivity contribution is 6.31. The molecule has 1 aliphatic heterocycles. The van der Waals surface area contributed by atoms with Gasteiger partial charge in [0.15, 0.2) is 5.78 Å². The van der Waals surface area contributed by atoms with Crippen LogP contribution in [0.2, 0.25) is 5.02 Å². The number of carbonyl (C=O) groups is 2. The number of nitro benzene ring substituents is 1. The molecule has 0 aromatic heterocycles. The van der Waals surface area contributed by atoms with Gasteiger partial charge in [0.05, 0.1) is 4.92 Å². The lowest BCUT2D eigenvalue weighted by Gasteiger charge is -2.37. The topological polar surface area (TPSA) is 89.3 Å². The predicted octanol–water partition coefficient (Wildman–Crippen LogP) is 3.49. The maximum atomic E-state index is 12.7. The number of halogens is 1. The second kappa shape index (κ2) is 5.70. The van der Waals surface area contributed by atoms with E-state index in [0.29, 0.717) is 34.7 Å². The van der Waals surface area contributed by atoms with E-state index < -0.39 is 10.8 Å². The number of nitrogens with zero attached hydrogens (tertiary/aromatic N) is 1. The van der Waals surface area contributed by atoms with Crippen LogP contribution in [0.3, 0.4) is 0 Å². The van der Waals surface area contributed by atoms with Gasteiger partial charge in [-0.2, -0.15) is 0 Å². The predicted molar refractivity (Wildman–Crippen MR) is 88.7 cm³/mol. The normalized spacial score (nSPS) is 22.9. The fraction of sp³-hybridized carbons (Fsp3) is 0.412. The molecule has 1 aliphatic carbocycles. The van der Waals surface area contributed by atoms with Gasteiger partial charge in [0.25, 0.3) is 5.69 Å². The van der Waals surface area contributed by atoms with Gasteiger partial charge in [-0.3, -0.25) is 19.7 Å². The first-order valence-corrected chi connectivity index (χ1v) is 8.06. The summed E-state index contributed by atoms with van der Waals surface area (Å²) < 4.78 is 0. The number of benzene rings is 1. The maximum absolute atomic E-state index is 12.7. The van der Waals surface area contributed by atoms with Crippen molar-refractivity contribution in [3.63, 3.8) is 0 Å². The summed E-state index contributed by atoms with van der Waals surface area (Å²) in [7, 11) is 0. The van der Waals surface area contributed by atoms with Crippen molar-refractivity contribution in [2.45, 2.75) is 39.0 Å². The van der Waals surface area contributed by atoms with E-state index >= 15 is 0 Å². The summed E-state index contributed by atoms with van der Waals surface area (Å²) in [5.41, 5.74) is 1.29. The molecule has 1 aromatic carbocycles. The lowest BCUT2D eigenvalue weighted by molar-refractivity contribution is -0.384. The third-order valence-electron chi connectivity index (χ3n) is 4.51. The Labute approximate surface area is 144 Å². The Morgan fingerprint density at radius 1 is 1.29 bits per heavy atom. The standard InChI is InChI=1S/C17H17ClN2O4/c1-17(2)7-13-16(14(21)8-17)11(6-15(22)19-13)10-5-9(20(23)24)3-4-12(10)18/h3-5,11H,6-8H2,1-2H3,(H,19,22). The Bertz CT molecular complexity index is 798. The molecule has 0 fully saturated rings. The first kappa shape index (κ1) is 16.6. The van der Waals surface area contributed by atoms with Gasteiger partial charge in [-0.25, -0.2) is 0 Å². The second-order valence-electron chi connectivity index (χ2n) is 7.10. The van der Waals surface area contributed by atoms with Crippen LogP contribution in [0.5, 0.6) is 0 Å². The quantitative estimate of drug-likeness (QED) is 0.654. The van der Waals surface area contributed by atoms with E-state index in [-0.39, 0.29) is 29.2 Å². The average Bonchev–Trinajstić information content (AvgIpc) is 2.44. The lowest BCUT2D eigenvalue weighted by atomic mass is 9.70. The molecule has 0 radical (unpaired) electrons. The molecule has 24 heavy (non-hydrogen) atoms. The van der Waals surface area contributed by atoms with Crippen molar-refractivity contribution in [3.05, 3.63) is 50.2 Å². The van der Waals surface area contributed by atoms with Crippen molar-refractivity contribution >= 4 is 29.0 Å². The molecule has 1 aromatic rings. The van der Waals surface area contributed by atoms with Gasteiger partial charge in [0, 0.05) is 47.2 Å². The van der Waals surface area contributed by atoms with Crippen molar-refractivity contribution in [3.8, 4) is 0 Å². The smallest absolute Gasteiger partial charge is 0.269 e. The zero-order chi connectivity index (χ0) is 17.6. The minimum atomic E-state index is -0.537. The molecule has 1 N–H and O–H groups in total. The molecule has 126 valence electrons. The van der Waals surface area contributed by atoms with E-state index in [9.17, 15) is 19.7 Å². The first-order chi connectivity index (χ1) is 11.2. The molecule has 1 amide bonds. The van der Waals surface area contributed by atoms with Gasteiger partial charge in [-0.15, -0.1) is 0 Å². The van der Waals surface area contributed by atoms with Crippen molar-refractivity contribution < 1.29 is 14.5 Å². The third kappa shape index (κ3) is 2.94. The minimum absolute atomic E-state index is 0.0335. The molecule has 0 saturated carbocycles. The van der Waals surface area contributed by atoms with Crippen LogP contribution in [-0.4, -0.2) is 16.6 Å². The zero-order valence-electron chi connectivity index (χ0n) is 13.4. The Morgan fingerprint density at radius 2 is 2.00 bits per heavy atom. The number of ketones is 1. The van der Waals surface area contributed by atoms with E-state index in [4.69, 9.17) is 11.6 Å². The van der Waals surface area contributed by atoms with E-state index in [2.05, 4.69) is 5.32 Å². The van der Waals surface area contributed by atoms with Crippen molar-refractivity contribution in [1.29, 1.82) is 0 Å². The number of nitrogens with one attached hydrogen (secondary N) is 1. The second-order valence-corrected chi connectivity index (χ2v) is 7.51. The number of amides is 1. The van der Waals surface area contributed by atoms with Crippen LogP contribution < -0.4 is 5.32 Å². The monoisotopic (exact) mass is 348 g/mol. The fourth-order valence-corrected chi connectivity index (χ4v) is 3.78. The number of hydrogen-bond donors (Lipinski definition) is 1. The molecule has 7 heteroatoms. The highest BCUT2D eigenvalue weighted by Gasteiger charge is 2.41. The van der Waals surface area contributed by atoms with Crippen molar-refractivity contribution in [2.24, 2.45) is 5.41 Å². The Balaban J connectivity index is 2.14. The third-order valence-corrected chi connectivity index (χ3v) is 4.86. The van der Waals surface area contributed by atoms with E-state index in [1.54, 1.807) is 0 Å². The van der Waals surface area contributed by atoms with Crippen molar-refractivity contribution in [2.75, 3.05) is 0 Å². The summed E-state index contributed by atoms with van der Waals surface area (Å²) in [5, 5.41) is 14.2. The number of carbonyl (C=O) groups excluding carboxylic acids is 2. The molecule has 3 rings (SSSR count). The van der Waals surface area contributed by atoms with Crippen LogP contribution in [0.15, 0.2) is 29.5 Å². The van der Waals surface area contributed by atoms with Gasteiger partial charge in [0.1, 0.15) is 0 Å². The van der Waals surface area contributed by atoms with Crippen molar-refractivity contribution in [1.82, 2.24) is 5.32 Å². The average molecular weight is 349 g/mol. The zero-order valence-corrected chi connectivity index (χ0v) is 14.1. The minimum Gasteiger partial charge on any atom is -0.329 e. The summed E-state index contributed by atoms with van der Waals surface area (Å²) in [6, 6.07) is 4.12. The molecule has 0 bridgehead atoms. The molecular formula is C17H17ClN2O4. The van der Waals surface area contributed by atoms with Crippen LogP contribution >= 0.6 is 11.6 Å². The highest BCUT2D eigenvalue weighted by atomic mass is 35.5. The van der Waals surface area contributed by atoms with E-state index in [1.807, 2.05) is 13.8 Å². The Kier molecular flexibility index (Phi) is 3.95. The molecule has 1 unspecified atom stereocenters. The molecule has 1 atom stereocenters. The van der Waals surface area contributed by atoms with Crippen LogP contribution in [0, 0.1) is 15.5 Å². The molecule has 0 spiro atoms. The summed E-state index contributed by atoms with van der Waals surface area (Å²) in [4.78, 5) is 35.3. The molecule has 1 heterocycles. The molecule has 0 saturated heterocycles. The number of rotatable bonds is 2.